The zero-order valence-electron chi connectivity index (χ0n) is 14.7. The van der Waals surface area contributed by atoms with Crippen LogP contribution in [0.25, 0.3) is 0 Å². The molecule has 1 aromatic carbocycles. The molecule has 0 aromatic heterocycles. The van der Waals surface area contributed by atoms with Crippen molar-refractivity contribution < 1.29 is 19.6 Å². The fourth-order valence-electron chi connectivity index (χ4n) is 3.28. The topological polar surface area (TPSA) is 60.0 Å². The molecule has 1 fully saturated rings. The summed E-state index contributed by atoms with van der Waals surface area (Å²) in [5, 5.41) is 2.88. The lowest BCUT2D eigenvalue weighted by Crippen LogP contribution is -2.86. The van der Waals surface area contributed by atoms with E-state index in [-0.39, 0.29) is 18.2 Å². The Kier molecular flexibility index (Phi) is 6.41. The number of rotatable bonds is 6. The Bertz CT molecular complexity index is 577. The molecule has 1 aromatic rings. The van der Waals surface area contributed by atoms with Crippen molar-refractivity contribution in [3.63, 3.8) is 0 Å². The molecule has 5 heteroatoms. The molecule has 1 aliphatic heterocycles. The van der Waals surface area contributed by atoms with Gasteiger partial charge in [-0.1, -0.05) is 18.5 Å². The van der Waals surface area contributed by atoms with Crippen molar-refractivity contribution in [1.29, 1.82) is 0 Å². The minimum Gasteiger partial charge on any atom is -0.459 e. The summed E-state index contributed by atoms with van der Waals surface area (Å²) in [7, 11) is 0. The summed E-state index contributed by atoms with van der Waals surface area (Å²) in [6, 6.07) is 6.75. The van der Waals surface area contributed by atoms with E-state index < -0.39 is 11.5 Å². The van der Waals surface area contributed by atoms with E-state index in [2.05, 4.69) is 5.32 Å². The Morgan fingerprint density at radius 1 is 1.25 bits per heavy atom. The summed E-state index contributed by atoms with van der Waals surface area (Å²) in [6.07, 6.45) is 2.21. The summed E-state index contributed by atoms with van der Waals surface area (Å²) >= 11 is 5.84. The van der Waals surface area contributed by atoms with Gasteiger partial charge in [0.05, 0.1) is 19.5 Å². The highest BCUT2D eigenvalue weighted by atomic mass is 35.5. The second kappa shape index (κ2) is 8.13. The molecule has 4 nitrogen and oxygen atoms in total. The first kappa shape index (κ1) is 18.9. The van der Waals surface area contributed by atoms with Gasteiger partial charge in [-0.05, 0) is 38.1 Å². The number of carbonyl (C=O) groups excluding carboxylic acids is 2. The summed E-state index contributed by atoms with van der Waals surface area (Å²) in [5.74, 6) is -0.388. The molecule has 0 amide bonds. The number of benzene rings is 1. The van der Waals surface area contributed by atoms with Gasteiger partial charge >= 0.3 is 5.97 Å². The molecule has 0 aliphatic carbocycles. The number of nitrogens with two attached hydrogens (primary N) is 1. The zero-order valence-corrected chi connectivity index (χ0v) is 15.4. The number of hydrogen-bond acceptors (Lipinski definition) is 3. The molecule has 0 bridgehead atoms. The van der Waals surface area contributed by atoms with Gasteiger partial charge in [0.25, 0.3) is 0 Å². The number of ether oxygens (including phenoxy) is 1. The number of quaternary nitrogens is 1. The van der Waals surface area contributed by atoms with Gasteiger partial charge in [0.2, 0.25) is 0 Å². The SMILES string of the molecule is CC(CC(=O)OC(C)(C)C1CC[NH2+]CC1)C(=O)c1ccc(Cl)cc1. The van der Waals surface area contributed by atoms with Gasteiger partial charge in [0.15, 0.2) is 5.78 Å². The van der Waals surface area contributed by atoms with Crippen LogP contribution in [0.1, 0.15) is 50.4 Å². The van der Waals surface area contributed by atoms with E-state index >= 15 is 0 Å². The number of ketones is 1. The highest BCUT2D eigenvalue weighted by molar-refractivity contribution is 6.30. The Morgan fingerprint density at radius 3 is 2.42 bits per heavy atom. The molecule has 24 heavy (non-hydrogen) atoms. The fourth-order valence-corrected chi connectivity index (χ4v) is 3.41. The van der Waals surface area contributed by atoms with Gasteiger partial charge < -0.3 is 10.1 Å². The van der Waals surface area contributed by atoms with Crippen molar-refractivity contribution in [3.05, 3.63) is 34.9 Å². The third-order valence-electron chi connectivity index (χ3n) is 4.85. The van der Waals surface area contributed by atoms with E-state index in [1.807, 2.05) is 13.8 Å². The van der Waals surface area contributed by atoms with Crippen LogP contribution >= 0.6 is 11.6 Å². The van der Waals surface area contributed by atoms with Crippen molar-refractivity contribution in [3.8, 4) is 0 Å². The second-order valence-electron chi connectivity index (χ2n) is 7.19. The van der Waals surface area contributed by atoms with E-state index in [1.165, 1.54) is 0 Å². The van der Waals surface area contributed by atoms with Crippen molar-refractivity contribution in [2.24, 2.45) is 11.8 Å². The van der Waals surface area contributed by atoms with Crippen molar-refractivity contribution in [2.75, 3.05) is 13.1 Å². The monoisotopic (exact) mass is 352 g/mol. The molecular weight excluding hydrogens is 326 g/mol. The number of Topliss-reactive ketones (excluding diaryl/α,β-unsaturated/α-hetero) is 1. The molecular formula is C19H27ClNO3+. The quantitative estimate of drug-likeness (QED) is 0.632. The van der Waals surface area contributed by atoms with Crippen molar-refractivity contribution >= 4 is 23.4 Å². The van der Waals surface area contributed by atoms with Crippen LogP contribution in [-0.4, -0.2) is 30.4 Å². The predicted molar refractivity (Wildman–Crippen MR) is 94.1 cm³/mol. The van der Waals surface area contributed by atoms with Crippen LogP contribution in [-0.2, 0) is 9.53 Å². The van der Waals surface area contributed by atoms with Crippen LogP contribution in [0.2, 0.25) is 5.02 Å². The van der Waals surface area contributed by atoms with Gasteiger partial charge in [-0.15, -0.1) is 0 Å². The first-order valence-electron chi connectivity index (χ1n) is 8.63. The largest absolute Gasteiger partial charge is 0.459 e. The molecule has 2 N–H and O–H groups in total. The van der Waals surface area contributed by atoms with Crippen LogP contribution in [0, 0.1) is 11.8 Å². The highest BCUT2D eigenvalue weighted by Gasteiger charge is 2.35. The Labute approximate surface area is 148 Å². The molecule has 1 saturated heterocycles. The maximum atomic E-state index is 12.4. The number of piperidine rings is 1. The minimum absolute atomic E-state index is 0.0614. The van der Waals surface area contributed by atoms with Crippen LogP contribution < -0.4 is 5.32 Å². The third kappa shape index (κ3) is 5.05. The Hall–Kier alpha value is -1.39. The van der Waals surface area contributed by atoms with Crippen molar-refractivity contribution in [2.45, 2.75) is 45.6 Å². The van der Waals surface area contributed by atoms with Gasteiger partial charge in [-0.3, -0.25) is 9.59 Å². The van der Waals surface area contributed by atoms with E-state index in [9.17, 15) is 9.59 Å². The van der Waals surface area contributed by atoms with E-state index in [0.29, 0.717) is 16.5 Å². The number of carbonyl (C=O) groups is 2. The van der Waals surface area contributed by atoms with Crippen LogP contribution in [0.5, 0.6) is 0 Å². The van der Waals surface area contributed by atoms with Gasteiger partial charge in [0.1, 0.15) is 5.60 Å². The lowest BCUT2D eigenvalue weighted by atomic mass is 9.83. The van der Waals surface area contributed by atoms with Crippen LogP contribution in [0.15, 0.2) is 24.3 Å². The highest BCUT2D eigenvalue weighted by Crippen LogP contribution is 2.29. The smallest absolute Gasteiger partial charge is 0.307 e. The summed E-state index contributed by atoms with van der Waals surface area (Å²) < 4.78 is 5.73. The first-order valence-corrected chi connectivity index (χ1v) is 9.00. The van der Waals surface area contributed by atoms with Gasteiger partial charge in [0, 0.05) is 35.3 Å². The maximum absolute atomic E-state index is 12.4. The van der Waals surface area contributed by atoms with Gasteiger partial charge in [-0.25, -0.2) is 0 Å². The predicted octanol–water partition coefficient (Wildman–Crippen LogP) is 2.84. The van der Waals surface area contributed by atoms with E-state index in [1.54, 1.807) is 31.2 Å². The zero-order chi connectivity index (χ0) is 17.7. The first-order chi connectivity index (χ1) is 11.3. The van der Waals surface area contributed by atoms with Crippen LogP contribution in [0.4, 0.5) is 0 Å². The average molecular weight is 353 g/mol. The molecule has 1 heterocycles. The Balaban J connectivity index is 1.90. The lowest BCUT2D eigenvalue weighted by molar-refractivity contribution is -0.665. The molecule has 0 radical (unpaired) electrons. The number of hydrogen-bond donors (Lipinski definition) is 1. The van der Waals surface area contributed by atoms with E-state index in [0.717, 1.165) is 25.9 Å². The molecule has 132 valence electrons. The third-order valence-corrected chi connectivity index (χ3v) is 5.10. The molecule has 0 saturated carbocycles. The lowest BCUT2D eigenvalue weighted by Gasteiger charge is -2.35. The molecule has 1 atom stereocenters. The molecule has 1 aliphatic rings. The second-order valence-corrected chi connectivity index (χ2v) is 7.63. The maximum Gasteiger partial charge on any atom is 0.307 e. The van der Waals surface area contributed by atoms with Crippen molar-refractivity contribution in [1.82, 2.24) is 0 Å². The standard InChI is InChI=1S/C19H26ClNO3/c1-13(18(23)14-4-6-16(20)7-5-14)12-17(22)24-19(2,3)15-8-10-21-11-9-15/h4-7,13,15,21H,8-12H2,1-3H3/p+1. The molecule has 2 rings (SSSR count). The van der Waals surface area contributed by atoms with E-state index in [4.69, 9.17) is 16.3 Å². The van der Waals surface area contributed by atoms with Gasteiger partial charge in [-0.2, -0.15) is 0 Å². The minimum atomic E-state index is -0.478. The Morgan fingerprint density at radius 2 is 1.83 bits per heavy atom. The normalized spacial score (nSPS) is 17.3. The summed E-state index contributed by atoms with van der Waals surface area (Å²) in [6.45, 7) is 7.88. The molecule has 0 spiro atoms. The number of halogens is 1. The summed E-state index contributed by atoms with van der Waals surface area (Å²) in [5.41, 5.74) is 0.0933. The van der Waals surface area contributed by atoms with Crippen LogP contribution in [0.3, 0.4) is 0 Å². The molecule has 1 unspecified atom stereocenters. The summed E-state index contributed by atoms with van der Waals surface area (Å²) in [4.78, 5) is 24.7. The fraction of sp³-hybridized carbons (Fsp3) is 0.579. The number of esters is 1. The average Bonchev–Trinajstić information content (AvgIpc) is 2.55.